The fourth-order valence-corrected chi connectivity index (χ4v) is 4.61. The number of nitrogens with one attached hydrogen (secondary N) is 2. The van der Waals surface area contributed by atoms with E-state index in [1.54, 1.807) is 11.6 Å². The summed E-state index contributed by atoms with van der Waals surface area (Å²) < 4.78 is 43.6. The molecule has 218 valence electrons. The Kier molecular flexibility index (Phi) is 9.90. The molecule has 2 N–H and O–H groups in total. The van der Waals surface area contributed by atoms with Crippen molar-refractivity contribution in [2.24, 2.45) is 10.2 Å². The van der Waals surface area contributed by atoms with Crippen molar-refractivity contribution < 1.29 is 17.9 Å². The van der Waals surface area contributed by atoms with Gasteiger partial charge in [-0.1, -0.05) is 6.92 Å². The Bertz CT molecular complexity index is 1300. The van der Waals surface area contributed by atoms with Gasteiger partial charge in [-0.15, -0.1) is 5.10 Å². The van der Waals surface area contributed by atoms with Crippen molar-refractivity contribution in [1.29, 1.82) is 0 Å². The van der Waals surface area contributed by atoms with E-state index < -0.39 is 12.6 Å². The van der Waals surface area contributed by atoms with Gasteiger partial charge in [0.25, 0.3) is 0 Å². The molecular weight excluding hydrogens is 523 g/mol. The van der Waals surface area contributed by atoms with Gasteiger partial charge in [0.05, 0.1) is 36.7 Å². The van der Waals surface area contributed by atoms with Crippen LogP contribution < -0.4 is 10.6 Å². The largest absolute Gasteiger partial charge is 0.378 e. The summed E-state index contributed by atoms with van der Waals surface area (Å²) >= 11 is 0. The molecule has 3 aromatic rings. The van der Waals surface area contributed by atoms with E-state index in [1.807, 2.05) is 31.3 Å². The summed E-state index contributed by atoms with van der Waals surface area (Å²) in [4.78, 5) is 11.7. The molecule has 2 atom stereocenters. The first-order chi connectivity index (χ1) is 19.2. The fraction of sp³-hybridized carbons (Fsp3) is 0.593. The van der Waals surface area contributed by atoms with Gasteiger partial charge < -0.3 is 15.4 Å². The van der Waals surface area contributed by atoms with Gasteiger partial charge in [0.2, 0.25) is 12.4 Å². The third-order valence-electron chi connectivity index (χ3n) is 6.81. The lowest BCUT2D eigenvalue weighted by Crippen LogP contribution is -2.57. The minimum Gasteiger partial charge on any atom is -0.378 e. The van der Waals surface area contributed by atoms with Crippen molar-refractivity contribution in [3.63, 3.8) is 0 Å². The zero-order valence-electron chi connectivity index (χ0n) is 23.6. The van der Waals surface area contributed by atoms with Crippen molar-refractivity contribution in [2.45, 2.75) is 71.3 Å². The molecule has 10 nitrogen and oxygen atoms in total. The number of fused-ring (bicyclic) bond motifs is 1. The lowest BCUT2D eigenvalue weighted by Gasteiger charge is -2.42. The van der Waals surface area contributed by atoms with Gasteiger partial charge in [0.1, 0.15) is 17.4 Å². The highest BCUT2D eigenvalue weighted by molar-refractivity contribution is 5.88. The molecule has 13 heteroatoms. The third-order valence-corrected chi connectivity index (χ3v) is 6.81. The molecule has 0 aromatic carbocycles. The molecular formula is C27H38F3N9O. The molecule has 2 fully saturated rings. The van der Waals surface area contributed by atoms with Gasteiger partial charge in [-0.2, -0.15) is 15.2 Å². The highest BCUT2D eigenvalue weighted by atomic mass is 19.3. The molecule has 0 aliphatic carbocycles. The van der Waals surface area contributed by atoms with Gasteiger partial charge in [0, 0.05) is 44.4 Å². The van der Waals surface area contributed by atoms with E-state index in [0.717, 1.165) is 34.7 Å². The maximum Gasteiger partial charge on any atom is 0.243 e. The number of rotatable bonds is 8. The molecule has 0 radical (unpaired) electrons. The van der Waals surface area contributed by atoms with Crippen molar-refractivity contribution in [2.75, 3.05) is 44.0 Å². The molecule has 5 rings (SSSR count). The highest BCUT2D eigenvalue weighted by Crippen LogP contribution is 2.32. The quantitative estimate of drug-likeness (QED) is 0.349. The summed E-state index contributed by atoms with van der Waals surface area (Å²) in [5.41, 5.74) is 4.05. The van der Waals surface area contributed by atoms with Crippen LogP contribution in [0.1, 0.15) is 39.3 Å². The molecule has 2 unspecified atom stereocenters. The Morgan fingerprint density at radius 2 is 1.93 bits per heavy atom. The molecule has 0 saturated carbocycles. The van der Waals surface area contributed by atoms with Gasteiger partial charge in [-0.3, -0.25) is 9.88 Å². The van der Waals surface area contributed by atoms with Crippen LogP contribution in [0.5, 0.6) is 0 Å². The van der Waals surface area contributed by atoms with Gasteiger partial charge in [-0.25, -0.2) is 17.7 Å². The Balaban J connectivity index is 0.000000681. The van der Waals surface area contributed by atoms with Crippen LogP contribution in [0.2, 0.25) is 0 Å². The molecule has 3 aromatic heterocycles. The number of aromatic nitrogens is 4. The van der Waals surface area contributed by atoms with Crippen molar-refractivity contribution in [3.05, 3.63) is 30.1 Å². The van der Waals surface area contributed by atoms with Crippen LogP contribution in [0.4, 0.5) is 30.6 Å². The summed E-state index contributed by atoms with van der Waals surface area (Å²) in [5.74, 6) is 1.08. The number of piperidine rings is 1. The van der Waals surface area contributed by atoms with E-state index in [-0.39, 0.29) is 18.5 Å². The molecule has 0 amide bonds. The molecule has 2 saturated heterocycles. The average Bonchev–Trinajstić information content (AvgIpc) is 3.30. The Morgan fingerprint density at radius 1 is 1.18 bits per heavy atom. The molecule has 0 bridgehead atoms. The number of halogens is 3. The summed E-state index contributed by atoms with van der Waals surface area (Å²) in [5, 5.41) is 19.3. The van der Waals surface area contributed by atoms with Crippen molar-refractivity contribution >= 4 is 23.0 Å². The van der Waals surface area contributed by atoms with Crippen LogP contribution in [0.25, 0.3) is 16.8 Å². The van der Waals surface area contributed by atoms with Crippen molar-refractivity contribution in [1.82, 2.24) is 24.5 Å². The average molecular weight is 562 g/mol. The van der Waals surface area contributed by atoms with E-state index in [0.29, 0.717) is 44.0 Å². The number of azo groups is 1. The lowest BCUT2D eigenvalue weighted by molar-refractivity contribution is -0.0794. The summed E-state index contributed by atoms with van der Waals surface area (Å²) in [7, 11) is 1.64. The van der Waals surface area contributed by atoms with Crippen LogP contribution in [0, 0.1) is 6.92 Å². The smallest absolute Gasteiger partial charge is 0.243 e. The van der Waals surface area contributed by atoms with Crippen LogP contribution in [0.15, 0.2) is 34.6 Å². The number of anilines is 2. The summed E-state index contributed by atoms with van der Waals surface area (Å²) in [6.45, 7) is 10.1. The second kappa shape index (κ2) is 13.4. The highest BCUT2D eigenvalue weighted by Gasteiger charge is 2.35. The number of alkyl halides is 3. The molecule has 40 heavy (non-hydrogen) atoms. The maximum atomic E-state index is 15.0. The number of hydrogen-bond donors (Lipinski definition) is 2. The SMILES string of the molecule is CCC(F)F.CN=Nc1ccc(-c2ccn3nc(NC4CCN(C5COC5)CC4F)nc(NC(C)C)c23)nc1C. The van der Waals surface area contributed by atoms with E-state index in [2.05, 4.69) is 44.7 Å². The number of hydrogen-bond acceptors (Lipinski definition) is 9. The van der Waals surface area contributed by atoms with E-state index in [1.165, 1.54) is 6.92 Å². The number of nitrogens with zero attached hydrogens (tertiary/aromatic N) is 7. The van der Waals surface area contributed by atoms with E-state index in [4.69, 9.17) is 14.7 Å². The Hall–Kier alpha value is -3.32. The minimum absolute atomic E-state index is 0.0278. The number of pyridine rings is 1. The van der Waals surface area contributed by atoms with Crippen LogP contribution in [0.3, 0.4) is 0 Å². The van der Waals surface area contributed by atoms with Crippen molar-refractivity contribution in [3.8, 4) is 11.3 Å². The monoisotopic (exact) mass is 561 g/mol. The second-order valence-corrected chi connectivity index (χ2v) is 10.2. The van der Waals surface area contributed by atoms with E-state index >= 15 is 4.39 Å². The predicted octanol–water partition coefficient (Wildman–Crippen LogP) is 5.52. The van der Waals surface area contributed by atoms with E-state index in [9.17, 15) is 8.78 Å². The number of likely N-dealkylation sites (tertiary alicyclic amines) is 1. The summed E-state index contributed by atoms with van der Waals surface area (Å²) in [6.07, 6.45) is -0.578. The first kappa shape index (κ1) is 29.7. The van der Waals surface area contributed by atoms with Gasteiger partial charge >= 0.3 is 0 Å². The first-order valence-corrected chi connectivity index (χ1v) is 13.6. The normalized spacial score (nSPS) is 20.1. The zero-order valence-corrected chi connectivity index (χ0v) is 23.6. The number of ether oxygens (including phenoxy) is 1. The first-order valence-electron chi connectivity index (χ1n) is 13.6. The zero-order chi connectivity index (χ0) is 28.8. The summed E-state index contributed by atoms with van der Waals surface area (Å²) in [6, 6.07) is 5.96. The molecule has 5 heterocycles. The Labute approximate surface area is 232 Å². The standard InChI is InChI=1S/C24H32FN9O.C3H6F2/c1-14(2)27-23-22-17(20-6-5-19(31-26-4)15(3)28-20)7-10-34(22)32-24(30-23)29-21-8-9-33(11-18(21)25)16-12-35-13-16;1-2-3(4)5/h5-7,10,14,16,18,21H,8-9,11-13H2,1-4H3,(H2,27,29,30,32);3H,2H2,1H3. The molecule has 2 aliphatic rings. The molecule has 0 spiro atoms. The lowest BCUT2D eigenvalue weighted by atomic mass is 10.0. The number of aryl methyl sites for hydroxylation is 1. The molecule has 2 aliphatic heterocycles. The fourth-order valence-electron chi connectivity index (χ4n) is 4.61. The maximum absolute atomic E-state index is 15.0. The van der Waals surface area contributed by atoms with Crippen LogP contribution in [-0.2, 0) is 4.74 Å². The van der Waals surface area contributed by atoms with Gasteiger partial charge in [-0.05, 0) is 45.4 Å². The van der Waals surface area contributed by atoms with Crippen LogP contribution in [-0.4, -0.2) is 88.6 Å². The Morgan fingerprint density at radius 3 is 2.50 bits per heavy atom. The van der Waals surface area contributed by atoms with Crippen LogP contribution >= 0.6 is 0 Å². The van der Waals surface area contributed by atoms with Gasteiger partial charge in [0.15, 0.2) is 5.82 Å². The predicted molar refractivity (Wildman–Crippen MR) is 150 cm³/mol. The third kappa shape index (κ3) is 7.05. The second-order valence-electron chi connectivity index (χ2n) is 10.2. The minimum atomic E-state index is -2.12. The topological polar surface area (TPSA) is 104 Å².